The topological polar surface area (TPSA) is 50.2 Å². The highest BCUT2D eigenvalue weighted by atomic mass is 32.1. The van der Waals surface area contributed by atoms with Crippen molar-refractivity contribution in [2.24, 2.45) is 28.6 Å². The summed E-state index contributed by atoms with van der Waals surface area (Å²) in [5.41, 5.74) is 3.84. The Morgan fingerprint density at radius 1 is 1.09 bits per heavy atom. The van der Waals surface area contributed by atoms with E-state index in [0.717, 1.165) is 30.7 Å². The number of hydrogen-bond acceptors (Lipinski definition) is 4. The number of benzene rings is 1. The Kier molecular flexibility index (Phi) is 4.79. The SMILES string of the molecule is C[C@@]12C[C@@H](O)[C@H]3[C@H](CCC4=CC(=O)CC[C@]43C)[C@H]1CC[C@H]2c1csc(-c2ccccc2)n1. The molecule has 1 aromatic carbocycles. The molecule has 3 saturated carbocycles. The average molecular weight is 448 g/mol. The van der Waals surface area contributed by atoms with Gasteiger partial charge in [0.2, 0.25) is 0 Å². The zero-order valence-electron chi connectivity index (χ0n) is 19.1. The molecule has 4 aliphatic rings. The summed E-state index contributed by atoms with van der Waals surface area (Å²) in [6.07, 6.45) is 8.61. The molecule has 0 amide bonds. The van der Waals surface area contributed by atoms with Gasteiger partial charge in [-0.3, -0.25) is 4.79 Å². The molecule has 2 aromatic rings. The number of hydrogen-bond donors (Lipinski definition) is 1. The van der Waals surface area contributed by atoms with Crippen LogP contribution in [0.2, 0.25) is 0 Å². The molecule has 6 rings (SSSR count). The van der Waals surface area contributed by atoms with E-state index in [9.17, 15) is 9.90 Å². The summed E-state index contributed by atoms with van der Waals surface area (Å²) >= 11 is 1.75. The summed E-state index contributed by atoms with van der Waals surface area (Å²) in [7, 11) is 0. The summed E-state index contributed by atoms with van der Waals surface area (Å²) < 4.78 is 0. The molecule has 4 heteroatoms. The summed E-state index contributed by atoms with van der Waals surface area (Å²) in [5.74, 6) is 2.19. The number of rotatable bonds is 2. The molecule has 0 aliphatic heterocycles. The molecular weight excluding hydrogens is 414 g/mol. The predicted octanol–water partition coefficient (Wildman–Crippen LogP) is 6.40. The second kappa shape index (κ2) is 7.36. The zero-order chi connectivity index (χ0) is 22.1. The molecule has 1 heterocycles. The van der Waals surface area contributed by atoms with Crippen LogP contribution in [0.25, 0.3) is 10.6 Å². The van der Waals surface area contributed by atoms with E-state index >= 15 is 0 Å². The van der Waals surface area contributed by atoms with Crippen molar-refractivity contribution < 1.29 is 9.90 Å². The fourth-order valence-electron chi connectivity index (χ4n) is 8.33. The first-order valence-corrected chi connectivity index (χ1v) is 13.2. The van der Waals surface area contributed by atoms with Crippen LogP contribution < -0.4 is 0 Å². The molecule has 7 atom stereocenters. The van der Waals surface area contributed by atoms with Crippen molar-refractivity contribution in [1.29, 1.82) is 0 Å². The lowest BCUT2D eigenvalue weighted by Crippen LogP contribution is -2.56. The first kappa shape index (κ1) is 20.8. The third kappa shape index (κ3) is 2.95. The van der Waals surface area contributed by atoms with Gasteiger partial charge >= 0.3 is 0 Å². The van der Waals surface area contributed by atoms with E-state index in [1.165, 1.54) is 29.7 Å². The Morgan fingerprint density at radius 3 is 2.72 bits per heavy atom. The van der Waals surface area contributed by atoms with E-state index in [1.54, 1.807) is 11.3 Å². The average Bonchev–Trinajstić information content (AvgIpc) is 3.38. The molecule has 3 fully saturated rings. The van der Waals surface area contributed by atoms with E-state index in [0.29, 0.717) is 30.1 Å². The van der Waals surface area contributed by atoms with Crippen LogP contribution >= 0.6 is 11.3 Å². The van der Waals surface area contributed by atoms with Crippen molar-refractivity contribution in [2.45, 2.75) is 70.8 Å². The molecule has 4 aliphatic carbocycles. The number of nitrogens with zero attached hydrogens (tertiary/aromatic N) is 1. The first-order chi connectivity index (χ1) is 15.4. The fourth-order valence-corrected chi connectivity index (χ4v) is 9.21. The van der Waals surface area contributed by atoms with Crippen LogP contribution in [0, 0.1) is 28.6 Å². The van der Waals surface area contributed by atoms with Crippen LogP contribution in [-0.4, -0.2) is 22.0 Å². The summed E-state index contributed by atoms with van der Waals surface area (Å²) in [4.78, 5) is 17.2. The number of thiazole rings is 1. The van der Waals surface area contributed by atoms with Gasteiger partial charge in [0.05, 0.1) is 11.8 Å². The third-order valence-electron chi connectivity index (χ3n) is 9.79. The van der Waals surface area contributed by atoms with E-state index in [-0.39, 0.29) is 22.7 Å². The smallest absolute Gasteiger partial charge is 0.155 e. The molecule has 168 valence electrons. The zero-order valence-corrected chi connectivity index (χ0v) is 19.9. The standard InChI is InChI=1S/C28H33NO2S/c1-27-13-12-19(30)14-18(27)8-9-20-21-10-11-22(28(21,2)15-24(31)25(20)27)23-16-32-26(29-23)17-6-4-3-5-7-17/h3-7,14,16,20-22,24-25,31H,8-13,15H2,1-2H3/t20-,21-,22+,24-,25-,27-,28-/m1/s1. The molecule has 0 bridgehead atoms. The minimum absolute atomic E-state index is 0.00320. The van der Waals surface area contributed by atoms with Gasteiger partial charge in [0.25, 0.3) is 0 Å². The van der Waals surface area contributed by atoms with Crippen molar-refractivity contribution in [3.8, 4) is 10.6 Å². The lowest BCUT2D eigenvalue weighted by atomic mass is 9.46. The monoisotopic (exact) mass is 447 g/mol. The molecule has 3 nitrogen and oxygen atoms in total. The number of aliphatic hydroxyl groups excluding tert-OH is 1. The Labute approximate surface area is 195 Å². The predicted molar refractivity (Wildman–Crippen MR) is 128 cm³/mol. The second-order valence-corrected chi connectivity index (χ2v) is 12.1. The van der Waals surface area contributed by atoms with Crippen molar-refractivity contribution in [3.05, 3.63) is 53.1 Å². The molecular formula is C28H33NO2S. The molecule has 0 spiro atoms. The van der Waals surface area contributed by atoms with Crippen LogP contribution in [0.1, 0.15) is 70.4 Å². The molecule has 1 N–H and O–H groups in total. The third-order valence-corrected chi connectivity index (χ3v) is 10.7. The van der Waals surface area contributed by atoms with Crippen LogP contribution in [0.15, 0.2) is 47.4 Å². The highest BCUT2D eigenvalue weighted by molar-refractivity contribution is 7.13. The normalized spacial score (nSPS) is 40.9. The molecule has 0 radical (unpaired) electrons. The van der Waals surface area contributed by atoms with Crippen molar-refractivity contribution in [3.63, 3.8) is 0 Å². The number of allylic oxidation sites excluding steroid dienone is 1. The highest BCUT2D eigenvalue weighted by Crippen LogP contribution is 2.68. The van der Waals surface area contributed by atoms with Gasteiger partial charge in [-0.15, -0.1) is 11.3 Å². The Hall–Kier alpha value is -1.78. The molecule has 0 saturated heterocycles. The maximum atomic E-state index is 12.1. The van der Waals surface area contributed by atoms with Gasteiger partial charge in [0, 0.05) is 23.3 Å². The van der Waals surface area contributed by atoms with Gasteiger partial charge < -0.3 is 5.11 Å². The lowest BCUT2D eigenvalue weighted by molar-refractivity contribution is -0.129. The largest absolute Gasteiger partial charge is 0.393 e. The quantitative estimate of drug-likeness (QED) is 0.580. The van der Waals surface area contributed by atoms with Gasteiger partial charge in [-0.05, 0) is 73.2 Å². The van der Waals surface area contributed by atoms with E-state index in [2.05, 4.69) is 43.5 Å². The fraction of sp³-hybridized carbons (Fsp3) is 0.571. The number of aliphatic hydroxyl groups is 1. The maximum Gasteiger partial charge on any atom is 0.155 e. The van der Waals surface area contributed by atoms with Gasteiger partial charge in [-0.1, -0.05) is 49.8 Å². The maximum absolute atomic E-state index is 12.1. The van der Waals surface area contributed by atoms with Crippen LogP contribution in [0.5, 0.6) is 0 Å². The van der Waals surface area contributed by atoms with Crippen LogP contribution in [0.4, 0.5) is 0 Å². The minimum atomic E-state index is -0.295. The van der Waals surface area contributed by atoms with Crippen molar-refractivity contribution in [2.75, 3.05) is 0 Å². The Balaban J connectivity index is 1.32. The lowest BCUT2D eigenvalue weighted by Gasteiger charge is -2.59. The van der Waals surface area contributed by atoms with Gasteiger partial charge in [0.1, 0.15) is 5.01 Å². The molecule has 32 heavy (non-hydrogen) atoms. The van der Waals surface area contributed by atoms with Crippen LogP contribution in [0.3, 0.4) is 0 Å². The summed E-state index contributed by atoms with van der Waals surface area (Å²) in [6.45, 7) is 4.78. The van der Waals surface area contributed by atoms with Crippen molar-refractivity contribution >= 4 is 17.1 Å². The van der Waals surface area contributed by atoms with E-state index < -0.39 is 0 Å². The number of aromatic nitrogens is 1. The summed E-state index contributed by atoms with van der Waals surface area (Å²) in [5, 5.41) is 15.0. The summed E-state index contributed by atoms with van der Waals surface area (Å²) in [6, 6.07) is 10.5. The van der Waals surface area contributed by atoms with Crippen LogP contribution in [-0.2, 0) is 4.79 Å². The number of fused-ring (bicyclic) bond motifs is 5. The molecule has 1 aromatic heterocycles. The van der Waals surface area contributed by atoms with Gasteiger partial charge in [0.15, 0.2) is 5.78 Å². The van der Waals surface area contributed by atoms with E-state index in [4.69, 9.17) is 4.98 Å². The minimum Gasteiger partial charge on any atom is -0.393 e. The second-order valence-electron chi connectivity index (χ2n) is 11.2. The molecule has 0 unspecified atom stereocenters. The number of carbonyl (C=O) groups is 1. The van der Waals surface area contributed by atoms with Gasteiger partial charge in [-0.2, -0.15) is 0 Å². The Morgan fingerprint density at radius 2 is 1.91 bits per heavy atom. The Bertz CT molecular complexity index is 1070. The van der Waals surface area contributed by atoms with Crippen molar-refractivity contribution in [1.82, 2.24) is 4.98 Å². The number of carbonyl (C=O) groups excluding carboxylic acids is 1. The first-order valence-electron chi connectivity index (χ1n) is 12.3. The highest BCUT2D eigenvalue weighted by Gasteiger charge is 2.62. The number of ketones is 1. The van der Waals surface area contributed by atoms with Gasteiger partial charge in [-0.25, -0.2) is 4.98 Å². The van der Waals surface area contributed by atoms with E-state index in [1.807, 2.05) is 12.1 Å².